The van der Waals surface area contributed by atoms with E-state index in [2.05, 4.69) is 25.4 Å². The summed E-state index contributed by atoms with van der Waals surface area (Å²) >= 11 is 13.9. The summed E-state index contributed by atoms with van der Waals surface area (Å²) in [6.45, 7) is 4.43. The molecule has 314 valence electrons. The fourth-order valence-corrected chi connectivity index (χ4v) is 11.1. The van der Waals surface area contributed by atoms with Crippen LogP contribution in [0.1, 0.15) is 90.2 Å². The van der Waals surface area contributed by atoms with Gasteiger partial charge in [-0.15, -0.1) is 0 Å². The van der Waals surface area contributed by atoms with E-state index in [9.17, 15) is 19.5 Å². The number of carbonyl (C=O) groups excluding carboxylic acids is 2. The SMILES string of the molecule is COc1cc(/C(F)=C/c2cccc(-c3cccc(NC(=O)c4nc5c(n4C)CCN(CCC46CCC(C(=O)O)(CC4)C6)C5)c3Cl)c2Cl)ncc1CN1CC2(CCC(=O)N2)C1. The van der Waals surface area contributed by atoms with E-state index < -0.39 is 23.1 Å². The van der Waals surface area contributed by atoms with Crippen molar-refractivity contribution in [1.29, 1.82) is 0 Å². The van der Waals surface area contributed by atoms with Crippen LogP contribution in [0.25, 0.3) is 23.0 Å². The number of fused-ring (bicyclic) bond motifs is 3. The molecule has 1 spiro atoms. The number of nitrogens with zero attached hydrogens (tertiary/aromatic N) is 5. The van der Waals surface area contributed by atoms with Crippen molar-refractivity contribution in [3.63, 3.8) is 0 Å². The van der Waals surface area contributed by atoms with Crippen molar-refractivity contribution >= 4 is 58.6 Å². The largest absolute Gasteiger partial charge is 0.496 e. The molecule has 5 heterocycles. The van der Waals surface area contributed by atoms with Crippen LogP contribution >= 0.6 is 23.2 Å². The highest BCUT2D eigenvalue weighted by atomic mass is 35.5. The van der Waals surface area contributed by atoms with Gasteiger partial charge in [0.1, 0.15) is 17.3 Å². The number of nitrogens with one attached hydrogen (secondary N) is 2. The number of amides is 2. The number of imidazole rings is 1. The average Bonchev–Trinajstić information content (AvgIpc) is 4.00. The zero-order valence-electron chi connectivity index (χ0n) is 33.8. The Morgan fingerprint density at radius 1 is 1.03 bits per heavy atom. The number of benzene rings is 2. The summed E-state index contributed by atoms with van der Waals surface area (Å²) in [6, 6.07) is 12.1. The highest BCUT2D eigenvalue weighted by molar-refractivity contribution is 6.39. The molecule has 2 saturated carbocycles. The molecule has 0 radical (unpaired) electrons. The Balaban J connectivity index is 0.863. The molecule has 2 aromatic carbocycles. The van der Waals surface area contributed by atoms with E-state index in [-0.39, 0.29) is 38.4 Å². The van der Waals surface area contributed by atoms with Crippen LogP contribution in [0.15, 0.2) is 48.7 Å². The summed E-state index contributed by atoms with van der Waals surface area (Å²) in [4.78, 5) is 51.2. The zero-order chi connectivity index (χ0) is 42.0. The second-order valence-corrected chi connectivity index (χ2v) is 18.4. The van der Waals surface area contributed by atoms with Crippen molar-refractivity contribution in [3.05, 3.63) is 92.7 Å². The molecule has 4 fully saturated rings. The topological polar surface area (TPSA) is 142 Å². The minimum atomic E-state index is -0.636. The van der Waals surface area contributed by atoms with E-state index in [1.165, 1.54) is 6.08 Å². The Morgan fingerprint density at radius 3 is 2.48 bits per heavy atom. The number of ether oxygens (including phenoxy) is 1. The summed E-state index contributed by atoms with van der Waals surface area (Å²) in [5, 5.41) is 16.4. The molecule has 2 bridgehead atoms. The van der Waals surface area contributed by atoms with Crippen LogP contribution in [-0.2, 0) is 36.1 Å². The number of hydrogen-bond donors (Lipinski definition) is 3. The summed E-state index contributed by atoms with van der Waals surface area (Å²) in [5.41, 5.74) is 4.18. The van der Waals surface area contributed by atoms with E-state index in [4.69, 9.17) is 32.9 Å². The molecular weight excluding hydrogens is 808 g/mol. The van der Waals surface area contributed by atoms with Gasteiger partial charge in [0.2, 0.25) is 5.91 Å². The predicted molar refractivity (Wildman–Crippen MR) is 227 cm³/mol. The molecule has 3 N–H and O–H groups in total. The number of aliphatic carboxylic acids is 1. The molecule has 60 heavy (non-hydrogen) atoms. The Labute approximate surface area is 358 Å². The minimum absolute atomic E-state index is 0.0944. The smallest absolute Gasteiger partial charge is 0.309 e. The third-order valence-electron chi connectivity index (χ3n) is 13.9. The lowest BCUT2D eigenvalue weighted by Gasteiger charge is -2.48. The van der Waals surface area contributed by atoms with E-state index in [1.807, 2.05) is 11.6 Å². The first-order valence-electron chi connectivity index (χ1n) is 20.6. The van der Waals surface area contributed by atoms with Crippen LogP contribution in [0.4, 0.5) is 10.1 Å². The van der Waals surface area contributed by atoms with Gasteiger partial charge in [-0.3, -0.25) is 29.2 Å². The van der Waals surface area contributed by atoms with E-state index in [0.717, 1.165) is 94.5 Å². The number of methoxy groups -OCH3 is 1. The summed E-state index contributed by atoms with van der Waals surface area (Å²) in [7, 11) is 3.40. The molecule has 9 rings (SSSR count). The van der Waals surface area contributed by atoms with Gasteiger partial charge >= 0.3 is 5.97 Å². The fourth-order valence-electron chi connectivity index (χ4n) is 10.5. The second-order valence-electron chi connectivity index (χ2n) is 17.6. The zero-order valence-corrected chi connectivity index (χ0v) is 35.3. The van der Waals surface area contributed by atoms with Gasteiger partial charge in [0, 0.05) is 87.3 Å². The Bertz CT molecular complexity index is 2440. The highest BCUT2D eigenvalue weighted by Crippen LogP contribution is 2.63. The Hall–Kier alpha value is -4.82. The van der Waals surface area contributed by atoms with Gasteiger partial charge in [-0.1, -0.05) is 53.5 Å². The van der Waals surface area contributed by atoms with Gasteiger partial charge in [-0.25, -0.2) is 9.37 Å². The molecule has 2 aromatic heterocycles. The van der Waals surface area contributed by atoms with Crippen molar-refractivity contribution < 1.29 is 28.6 Å². The van der Waals surface area contributed by atoms with Crippen LogP contribution in [0, 0.1) is 10.8 Å². The molecule has 0 atom stereocenters. The van der Waals surface area contributed by atoms with E-state index in [1.54, 1.807) is 55.8 Å². The van der Waals surface area contributed by atoms with Crippen molar-refractivity contribution in [2.24, 2.45) is 17.9 Å². The van der Waals surface area contributed by atoms with Crippen molar-refractivity contribution in [2.45, 2.75) is 76.4 Å². The van der Waals surface area contributed by atoms with Crippen molar-refractivity contribution in [1.82, 2.24) is 29.7 Å². The Kier molecular flexibility index (Phi) is 10.5. The average molecular weight is 857 g/mol. The fraction of sp³-hybridized carbons (Fsp3) is 0.444. The highest BCUT2D eigenvalue weighted by Gasteiger charge is 2.58. The monoisotopic (exact) mass is 855 g/mol. The van der Waals surface area contributed by atoms with Gasteiger partial charge in [-0.05, 0) is 74.6 Å². The molecular formula is C45H48Cl2FN7O5. The van der Waals surface area contributed by atoms with Crippen LogP contribution in [-0.4, -0.2) is 86.1 Å². The number of carboxylic acids is 1. The number of carbonyl (C=O) groups is 3. The molecule has 12 nitrogen and oxygen atoms in total. The first-order valence-corrected chi connectivity index (χ1v) is 21.4. The molecule has 15 heteroatoms. The third-order valence-corrected chi connectivity index (χ3v) is 14.7. The number of hydrogen-bond acceptors (Lipinski definition) is 8. The summed E-state index contributed by atoms with van der Waals surface area (Å²) in [6.07, 6.45) is 10.4. The normalized spacial score (nSPS) is 23.4. The van der Waals surface area contributed by atoms with Gasteiger partial charge in [0.15, 0.2) is 5.82 Å². The summed E-state index contributed by atoms with van der Waals surface area (Å²) in [5.74, 6) is -0.741. The predicted octanol–water partition coefficient (Wildman–Crippen LogP) is 7.77. The Morgan fingerprint density at radius 2 is 1.78 bits per heavy atom. The van der Waals surface area contributed by atoms with Crippen LogP contribution in [0.2, 0.25) is 10.0 Å². The second kappa shape index (κ2) is 15.6. The van der Waals surface area contributed by atoms with Gasteiger partial charge in [0.05, 0.1) is 39.5 Å². The third kappa shape index (κ3) is 7.37. The maximum atomic E-state index is 15.8. The standard InChI is InChI=1S/C45H48Cl2FN7O5/c1-53-35-10-17-54(18-16-43-12-14-44(24-43,15-13-43)42(58)59)23-34(35)50-40(53)41(57)51-32-8-4-7-30(39(32)47)29-6-3-5-27(38(29)46)19-31(48)33-20-36(60-2)28(21-49-33)22-55-25-45(26-55)11-9-37(56)52-45/h3-8,19-21H,9-18,22-26H2,1-2H3,(H,51,57)(H,52,56)(H,58,59)/b31-19-. The molecule has 4 aromatic rings. The van der Waals surface area contributed by atoms with Gasteiger partial charge in [-0.2, -0.15) is 0 Å². The maximum absolute atomic E-state index is 15.8. The van der Waals surface area contributed by atoms with E-state index >= 15 is 4.39 Å². The quantitative estimate of drug-likeness (QED) is 0.130. The molecule has 2 saturated heterocycles. The number of rotatable bonds is 12. The van der Waals surface area contributed by atoms with Crippen LogP contribution < -0.4 is 15.4 Å². The molecule has 3 aliphatic heterocycles. The first kappa shape index (κ1) is 40.6. The van der Waals surface area contributed by atoms with E-state index in [0.29, 0.717) is 47.6 Å². The minimum Gasteiger partial charge on any atom is -0.496 e. The number of likely N-dealkylation sites (tertiary alicyclic amines) is 1. The van der Waals surface area contributed by atoms with Gasteiger partial charge in [0.25, 0.3) is 5.91 Å². The molecule has 0 unspecified atom stereocenters. The number of anilines is 1. The number of halogens is 3. The summed E-state index contributed by atoms with van der Waals surface area (Å²) < 4.78 is 23.3. The van der Waals surface area contributed by atoms with Crippen molar-refractivity contribution in [2.75, 3.05) is 38.6 Å². The number of carboxylic acid groups (broad SMARTS) is 1. The molecule has 5 aliphatic rings. The van der Waals surface area contributed by atoms with Crippen molar-refractivity contribution in [3.8, 4) is 16.9 Å². The lowest BCUT2D eigenvalue weighted by atomic mass is 9.80. The van der Waals surface area contributed by atoms with Gasteiger partial charge < -0.3 is 25.0 Å². The maximum Gasteiger partial charge on any atom is 0.309 e. The lowest BCUT2D eigenvalue weighted by Crippen LogP contribution is -2.66. The van der Waals surface area contributed by atoms with Crippen LogP contribution in [0.3, 0.4) is 0 Å². The van der Waals surface area contributed by atoms with Crippen LogP contribution in [0.5, 0.6) is 5.75 Å². The molecule has 2 amide bonds. The molecule has 2 aliphatic carbocycles. The number of pyridine rings is 1. The number of aromatic nitrogens is 3. The first-order chi connectivity index (χ1) is 28.8. The lowest BCUT2D eigenvalue weighted by molar-refractivity contribution is -0.148.